The highest BCUT2D eigenvalue weighted by atomic mass is 16.5. The Hall–Kier alpha value is -0.940. The molecule has 0 spiro atoms. The summed E-state index contributed by atoms with van der Waals surface area (Å²) in [6.07, 6.45) is 4.47. The summed E-state index contributed by atoms with van der Waals surface area (Å²) in [6, 6.07) is 0. The number of hydrogen-bond donors (Lipinski definition) is 1. The molecule has 0 saturated carbocycles. The van der Waals surface area contributed by atoms with Crippen molar-refractivity contribution in [1.82, 2.24) is 15.0 Å². The van der Waals surface area contributed by atoms with Gasteiger partial charge >= 0.3 is 0 Å². The lowest BCUT2D eigenvalue weighted by atomic mass is 10.2. The Kier molecular flexibility index (Phi) is 2.56. The van der Waals surface area contributed by atoms with Crippen LogP contribution in [-0.4, -0.2) is 27.7 Å². The summed E-state index contributed by atoms with van der Waals surface area (Å²) >= 11 is 0. The molecule has 2 heterocycles. The Bertz CT molecular complexity index is 267. The van der Waals surface area contributed by atoms with Gasteiger partial charge in [-0.15, -0.1) is 5.10 Å². The molecule has 13 heavy (non-hydrogen) atoms. The van der Waals surface area contributed by atoms with Crippen LogP contribution in [0.4, 0.5) is 0 Å². The maximum Gasteiger partial charge on any atom is 0.0962 e. The zero-order chi connectivity index (χ0) is 9.10. The molecule has 1 aromatic heterocycles. The zero-order valence-electron chi connectivity index (χ0n) is 7.52. The molecule has 1 atom stereocenters. The highest BCUT2D eigenvalue weighted by Crippen LogP contribution is 2.13. The molecule has 0 aliphatic carbocycles. The molecule has 2 N–H and O–H groups in total. The molecule has 5 nitrogen and oxygen atoms in total. The predicted molar refractivity (Wildman–Crippen MR) is 46.9 cm³/mol. The molecule has 0 amide bonds. The molecular formula is C8H14N4O. The van der Waals surface area contributed by atoms with Crippen LogP contribution in [0.15, 0.2) is 6.20 Å². The lowest BCUT2D eigenvalue weighted by Gasteiger charge is -2.07. The normalized spacial score (nSPS) is 22.4. The number of rotatable bonds is 3. The van der Waals surface area contributed by atoms with E-state index in [4.69, 9.17) is 10.5 Å². The second-order valence-electron chi connectivity index (χ2n) is 3.27. The first kappa shape index (κ1) is 8.65. The van der Waals surface area contributed by atoms with Gasteiger partial charge in [-0.05, 0) is 12.8 Å². The first-order chi connectivity index (χ1) is 6.38. The molecule has 1 aromatic rings. The van der Waals surface area contributed by atoms with E-state index in [0.29, 0.717) is 12.6 Å². The summed E-state index contributed by atoms with van der Waals surface area (Å²) in [5, 5.41) is 7.87. The molecule has 2 rings (SSSR count). The number of ether oxygens (including phenoxy) is 1. The molecule has 0 unspecified atom stereocenters. The summed E-state index contributed by atoms with van der Waals surface area (Å²) in [4.78, 5) is 0. The quantitative estimate of drug-likeness (QED) is 0.709. The average Bonchev–Trinajstić information content (AvgIpc) is 2.76. The minimum absolute atomic E-state index is 0.312. The molecule has 0 aromatic carbocycles. The number of aromatic nitrogens is 3. The van der Waals surface area contributed by atoms with Crippen LogP contribution in [0.5, 0.6) is 0 Å². The van der Waals surface area contributed by atoms with Crippen LogP contribution < -0.4 is 5.73 Å². The fraction of sp³-hybridized carbons (Fsp3) is 0.750. The minimum atomic E-state index is 0.312. The first-order valence-corrected chi connectivity index (χ1v) is 4.59. The Labute approximate surface area is 76.9 Å². The number of nitrogens with zero attached hydrogens (tertiary/aromatic N) is 3. The largest absolute Gasteiger partial charge is 0.376 e. The topological polar surface area (TPSA) is 66.0 Å². The van der Waals surface area contributed by atoms with Crippen molar-refractivity contribution in [3.8, 4) is 0 Å². The number of nitrogens with two attached hydrogens (primary N) is 1. The fourth-order valence-corrected chi connectivity index (χ4v) is 1.52. The summed E-state index contributed by atoms with van der Waals surface area (Å²) in [7, 11) is 0. The Morgan fingerprint density at radius 1 is 1.69 bits per heavy atom. The van der Waals surface area contributed by atoms with E-state index in [-0.39, 0.29) is 0 Å². The van der Waals surface area contributed by atoms with Crippen molar-refractivity contribution in [2.24, 2.45) is 5.73 Å². The van der Waals surface area contributed by atoms with Gasteiger partial charge in [-0.1, -0.05) is 5.21 Å². The first-order valence-electron chi connectivity index (χ1n) is 4.59. The monoisotopic (exact) mass is 182 g/mol. The lowest BCUT2D eigenvalue weighted by Crippen LogP contribution is -2.15. The average molecular weight is 182 g/mol. The summed E-state index contributed by atoms with van der Waals surface area (Å²) in [5.41, 5.74) is 6.26. The van der Waals surface area contributed by atoms with Crippen molar-refractivity contribution < 1.29 is 4.74 Å². The van der Waals surface area contributed by atoms with Gasteiger partial charge in [0.15, 0.2) is 0 Å². The molecule has 5 heteroatoms. The van der Waals surface area contributed by atoms with E-state index in [9.17, 15) is 0 Å². The molecule has 72 valence electrons. The maximum atomic E-state index is 5.48. The van der Waals surface area contributed by atoms with Gasteiger partial charge in [0, 0.05) is 19.3 Å². The zero-order valence-corrected chi connectivity index (χ0v) is 7.52. The van der Waals surface area contributed by atoms with Gasteiger partial charge in [-0.2, -0.15) is 0 Å². The summed E-state index contributed by atoms with van der Waals surface area (Å²) < 4.78 is 7.28. The van der Waals surface area contributed by atoms with E-state index < -0.39 is 0 Å². The van der Waals surface area contributed by atoms with Gasteiger partial charge in [0.2, 0.25) is 0 Å². The third kappa shape index (κ3) is 2.05. The standard InChI is InChI=1S/C8H14N4O/c9-4-7-5-12(11-10-7)6-8-2-1-3-13-8/h5,8H,1-4,6,9H2/t8-/m0/s1. The third-order valence-corrected chi connectivity index (χ3v) is 2.21. The molecule has 1 aliphatic rings. The van der Waals surface area contributed by atoms with E-state index in [0.717, 1.165) is 31.7 Å². The predicted octanol–water partition coefficient (Wildman–Crippen LogP) is -0.0842. The van der Waals surface area contributed by atoms with Gasteiger partial charge in [-0.3, -0.25) is 0 Å². The maximum absolute atomic E-state index is 5.48. The van der Waals surface area contributed by atoms with E-state index in [1.165, 1.54) is 0 Å². The SMILES string of the molecule is NCc1cn(C[C@@H]2CCCO2)nn1. The highest BCUT2D eigenvalue weighted by Gasteiger charge is 2.16. The van der Waals surface area contributed by atoms with E-state index in [1.54, 1.807) is 4.68 Å². The van der Waals surface area contributed by atoms with Gasteiger partial charge in [0.05, 0.1) is 18.3 Å². The van der Waals surface area contributed by atoms with Gasteiger partial charge < -0.3 is 10.5 Å². The molecular weight excluding hydrogens is 168 g/mol. The fourth-order valence-electron chi connectivity index (χ4n) is 1.52. The molecule has 1 saturated heterocycles. The van der Waals surface area contributed by atoms with Crippen molar-refractivity contribution >= 4 is 0 Å². The van der Waals surface area contributed by atoms with Crippen molar-refractivity contribution in [3.05, 3.63) is 11.9 Å². The molecule has 1 fully saturated rings. The van der Waals surface area contributed by atoms with E-state index in [2.05, 4.69) is 10.3 Å². The second-order valence-corrected chi connectivity index (χ2v) is 3.27. The van der Waals surface area contributed by atoms with Crippen LogP contribution in [0.25, 0.3) is 0 Å². The van der Waals surface area contributed by atoms with Crippen LogP contribution in [0, 0.1) is 0 Å². The van der Waals surface area contributed by atoms with Crippen LogP contribution in [0.1, 0.15) is 18.5 Å². The molecule has 1 aliphatic heterocycles. The van der Waals surface area contributed by atoms with Crippen LogP contribution in [-0.2, 0) is 17.8 Å². The highest BCUT2D eigenvalue weighted by molar-refractivity contribution is 4.90. The Morgan fingerprint density at radius 3 is 3.23 bits per heavy atom. The Balaban J connectivity index is 1.92. The smallest absolute Gasteiger partial charge is 0.0962 e. The van der Waals surface area contributed by atoms with Gasteiger partial charge in [-0.25, -0.2) is 4.68 Å². The van der Waals surface area contributed by atoms with Crippen LogP contribution in [0.2, 0.25) is 0 Å². The van der Waals surface area contributed by atoms with Crippen LogP contribution in [0.3, 0.4) is 0 Å². The van der Waals surface area contributed by atoms with Gasteiger partial charge in [0.1, 0.15) is 0 Å². The van der Waals surface area contributed by atoms with Crippen molar-refractivity contribution in [2.75, 3.05) is 6.61 Å². The van der Waals surface area contributed by atoms with E-state index in [1.807, 2.05) is 6.20 Å². The van der Waals surface area contributed by atoms with E-state index >= 15 is 0 Å². The molecule has 0 bridgehead atoms. The van der Waals surface area contributed by atoms with Crippen LogP contribution >= 0.6 is 0 Å². The number of hydrogen-bond acceptors (Lipinski definition) is 4. The van der Waals surface area contributed by atoms with Gasteiger partial charge in [0.25, 0.3) is 0 Å². The lowest BCUT2D eigenvalue weighted by molar-refractivity contribution is 0.0935. The van der Waals surface area contributed by atoms with Crippen molar-refractivity contribution in [3.63, 3.8) is 0 Å². The summed E-state index contributed by atoms with van der Waals surface area (Å²) in [5.74, 6) is 0. The van der Waals surface area contributed by atoms with Crippen molar-refractivity contribution in [2.45, 2.75) is 32.0 Å². The third-order valence-electron chi connectivity index (χ3n) is 2.21. The van der Waals surface area contributed by atoms with Crippen molar-refractivity contribution in [1.29, 1.82) is 0 Å². The minimum Gasteiger partial charge on any atom is -0.376 e. The second kappa shape index (κ2) is 3.85. The molecule has 0 radical (unpaired) electrons. The Morgan fingerprint density at radius 2 is 2.62 bits per heavy atom. The summed E-state index contributed by atoms with van der Waals surface area (Å²) in [6.45, 7) is 2.13.